The van der Waals surface area contributed by atoms with E-state index in [1.807, 2.05) is 42.5 Å². The summed E-state index contributed by atoms with van der Waals surface area (Å²) in [6, 6.07) is 23.7. The number of rotatable bonds is 5. The number of hydrogen-bond acceptors (Lipinski definition) is 5. The Labute approximate surface area is 210 Å². The van der Waals surface area contributed by atoms with Gasteiger partial charge in [-0.3, -0.25) is 9.10 Å². The van der Waals surface area contributed by atoms with Crippen molar-refractivity contribution in [2.24, 2.45) is 0 Å². The minimum Gasteiger partial charge on any atom is -0.476 e. The molecule has 2 heterocycles. The van der Waals surface area contributed by atoms with Crippen LogP contribution in [-0.2, 0) is 20.6 Å². The van der Waals surface area contributed by atoms with Crippen molar-refractivity contribution >= 4 is 38.9 Å². The number of benzene rings is 3. The maximum atomic E-state index is 13.4. The molecule has 35 heavy (non-hydrogen) atoms. The molecule has 7 nitrogen and oxygen atoms in total. The van der Waals surface area contributed by atoms with Gasteiger partial charge in [0, 0.05) is 36.9 Å². The molecular formula is C26H26ClN3O4S. The molecule has 3 aromatic carbocycles. The Kier molecular flexibility index (Phi) is 6.58. The van der Waals surface area contributed by atoms with Crippen molar-refractivity contribution < 1.29 is 17.9 Å². The van der Waals surface area contributed by atoms with E-state index in [1.54, 1.807) is 41.3 Å². The molecule has 1 saturated heterocycles. The van der Waals surface area contributed by atoms with E-state index in [0.717, 1.165) is 5.69 Å². The van der Waals surface area contributed by atoms with Gasteiger partial charge in [0.2, 0.25) is 10.0 Å². The molecule has 1 amide bonds. The number of ether oxygens (including phenoxy) is 1. The van der Waals surface area contributed by atoms with Gasteiger partial charge in [0.1, 0.15) is 5.75 Å². The molecule has 0 spiro atoms. The van der Waals surface area contributed by atoms with Crippen LogP contribution in [0.2, 0.25) is 5.02 Å². The third-order valence-corrected chi connectivity index (χ3v) is 8.25. The predicted octanol–water partition coefficient (Wildman–Crippen LogP) is 3.79. The van der Waals surface area contributed by atoms with Crippen LogP contribution in [0.25, 0.3) is 0 Å². The van der Waals surface area contributed by atoms with Crippen LogP contribution in [0, 0.1) is 0 Å². The number of carbonyl (C=O) groups excluding carboxylic acids is 1. The number of fused-ring (bicyclic) bond motifs is 1. The van der Waals surface area contributed by atoms with E-state index in [0.29, 0.717) is 48.2 Å². The lowest BCUT2D eigenvalue weighted by Gasteiger charge is -2.40. The largest absolute Gasteiger partial charge is 0.476 e. The van der Waals surface area contributed by atoms with Gasteiger partial charge in [0.15, 0.2) is 6.10 Å². The van der Waals surface area contributed by atoms with Gasteiger partial charge in [0.25, 0.3) is 5.91 Å². The summed E-state index contributed by atoms with van der Waals surface area (Å²) in [6.45, 7) is 2.30. The number of halogens is 1. The first-order valence-corrected chi connectivity index (χ1v) is 13.5. The molecule has 0 aromatic heterocycles. The van der Waals surface area contributed by atoms with E-state index in [-0.39, 0.29) is 18.2 Å². The first-order valence-electron chi connectivity index (χ1n) is 11.5. The molecule has 1 fully saturated rings. The van der Waals surface area contributed by atoms with Crippen molar-refractivity contribution in [2.45, 2.75) is 11.9 Å². The maximum absolute atomic E-state index is 13.4. The first-order chi connectivity index (χ1) is 16.9. The monoisotopic (exact) mass is 511 g/mol. The highest BCUT2D eigenvalue weighted by molar-refractivity contribution is 7.92. The summed E-state index contributed by atoms with van der Waals surface area (Å²) in [6.07, 6.45) is -0.909. The molecule has 2 aliphatic heterocycles. The van der Waals surface area contributed by atoms with Crippen LogP contribution in [0.4, 0.5) is 11.4 Å². The number of hydrogen-bond donors (Lipinski definition) is 0. The summed E-state index contributed by atoms with van der Waals surface area (Å²) >= 11 is 6.13. The third kappa shape index (κ3) is 5.09. The normalized spacial score (nSPS) is 18.1. The second-order valence-electron chi connectivity index (χ2n) is 8.64. The fourth-order valence-corrected chi connectivity index (χ4v) is 6.29. The topological polar surface area (TPSA) is 70.2 Å². The second-order valence-corrected chi connectivity index (χ2v) is 11.0. The number of para-hydroxylation sites is 2. The van der Waals surface area contributed by atoms with Gasteiger partial charge in [-0.05, 0) is 35.9 Å². The number of anilines is 2. The highest BCUT2D eigenvalue weighted by Crippen LogP contribution is 2.36. The fraction of sp³-hybridized carbons (Fsp3) is 0.269. The van der Waals surface area contributed by atoms with E-state index < -0.39 is 16.1 Å². The summed E-state index contributed by atoms with van der Waals surface area (Å²) in [4.78, 5) is 17.4. The minimum atomic E-state index is -3.73. The van der Waals surface area contributed by atoms with Crippen molar-refractivity contribution in [1.82, 2.24) is 4.90 Å². The number of sulfonamides is 1. The number of nitrogens with zero attached hydrogens (tertiary/aromatic N) is 3. The average molecular weight is 512 g/mol. The van der Waals surface area contributed by atoms with Crippen LogP contribution >= 0.6 is 11.6 Å². The lowest BCUT2D eigenvalue weighted by Crippen LogP contribution is -2.56. The van der Waals surface area contributed by atoms with Crippen molar-refractivity contribution in [1.29, 1.82) is 0 Å². The molecule has 0 radical (unpaired) electrons. The molecule has 0 saturated carbocycles. The number of piperazine rings is 1. The van der Waals surface area contributed by atoms with E-state index in [1.165, 1.54) is 4.31 Å². The zero-order chi connectivity index (χ0) is 24.4. The SMILES string of the molecule is O=C([C@H]1CN(S(=O)(=O)Cc2ccccc2)c2ccccc2O1)N1CCN(c2cccc(Cl)c2)CC1. The summed E-state index contributed by atoms with van der Waals surface area (Å²) in [5.41, 5.74) is 2.17. The molecular weight excluding hydrogens is 486 g/mol. The molecule has 1 atom stereocenters. The Morgan fingerprint density at radius 1 is 0.914 bits per heavy atom. The Balaban J connectivity index is 1.32. The molecule has 0 bridgehead atoms. The van der Waals surface area contributed by atoms with Crippen molar-refractivity contribution in [2.75, 3.05) is 41.9 Å². The fourth-order valence-electron chi connectivity index (χ4n) is 4.52. The van der Waals surface area contributed by atoms with Gasteiger partial charge in [0.05, 0.1) is 18.0 Å². The molecule has 2 aliphatic rings. The van der Waals surface area contributed by atoms with Gasteiger partial charge in [-0.1, -0.05) is 60.1 Å². The van der Waals surface area contributed by atoms with E-state index >= 15 is 0 Å². The van der Waals surface area contributed by atoms with E-state index in [2.05, 4.69) is 4.90 Å². The quantitative estimate of drug-likeness (QED) is 0.521. The van der Waals surface area contributed by atoms with Crippen LogP contribution in [0.1, 0.15) is 5.56 Å². The number of carbonyl (C=O) groups is 1. The molecule has 182 valence electrons. The molecule has 9 heteroatoms. The summed E-state index contributed by atoms with van der Waals surface area (Å²) in [5, 5.41) is 0.673. The van der Waals surface area contributed by atoms with Crippen LogP contribution in [-0.4, -0.2) is 58.1 Å². The van der Waals surface area contributed by atoms with Gasteiger partial charge in [-0.25, -0.2) is 8.42 Å². The van der Waals surface area contributed by atoms with Crippen LogP contribution in [0.15, 0.2) is 78.9 Å². The van der Waals surface area contributed by atoms with Crippen molar-refractivity contribution in [3.63, 3.8) is 0 Å². The standard InChI is InChI=1S/C26H26ClN3O4S/c27-21-9-6-10-22(17-21)28-13-15-29(16-14-28)26(31)25-18-30(23-11-4-5-12-24(23)34-25)35(32,33)19-20-7-2-1-3-8-20/h1-12,17,25H,13-16,18-19H2/t25-/m1/s1. The lowest BCUT2D eigenvalue weighted by molar-refractivity contribution is -0.138. The zero-order valence-corrected chi connectivity index (χ0v) is 20.7. The predicted molar refractivity (Wildman–Crippen MR) is 138 cm³/mol. The third-order valence-electron chi connectivity index (χ3n) is 6.30. The van der Waals surface area contributed by atoms with E-state index in [4.69, 9.17) is 16.3 Å². The number of amides is 1. The van der Waals surface area contributed by atoms with Crippen molar-refractivity contribution in [3.8, 4) is 5.75 Å². The van der Waals surface area contributed by atoms with Crippen LogP contribution < -0.4 is 13.9 Å². The highest BCUT2D eigenvalue weighted by Gasteiger charge is 2.39. The Morgan fingerprint density at radius 2 is 1.63 bits per heavy atom. The summed E-state index contributed by atoms with van der Waals surface area (Å²) in [7, 11) is -3.73. The summed E-state index contributed by atoms with van der Waals surface area (Å²) < 4.78 is 34.2. The van der Waals surface area contributed by atoms with Gasteiger partial charge >= 0.3 is 0 Å². The van der Waals surface area contributed by atoms with Gasteiger partial charge < -0.3 is 14.5 Å². The highest BCUT2D eigenvalue weighted by atomic mass is 35.5. The molecule has 5 rings (SSSR count). The minimum absolute atomic E-state index is 0.0560. The Bertz CT molecular complexity index is 1310. The van der Waals surface area contributed by atoms with Crippen molar-refractivity contribution in [3.05, 3.63) is 89.4 Å². The molecule has 0 aliphatic carbocycles. The summed E-state index contributed by atoms with van der Waals surface area (Å²) in [5.74, 6) is 0.0398. The Hall–Kier alpha value is -3.23. The maximum Gasteiger partial charge on any atom is 0.265 e. The Morgan fingerprint density at radius 3 is 2.37 bits per heavy atom. The lowest BCUT2D eigenvalue weighted by atomic mass is 10.2. The molecule has 0 N–H and O–H groups in total. The smallest absolute Gasteiger partial charge is 0.265 e. The van der Waals surface area contributed by atoms with Gasteiger partial charge in [-0.2, -0.15) is 0 Å². The zero-order valence-electron chi connectivity index (χ0n) is 19.1. The van der Waals surface area contributed by atoms with Gasteiger partial charge in [-0.15, -0.1) is 0 Å². The molecule has 3 aromatic rings. The average Bonchev–Trinajstić information content (AvgIpc) is 2.88. The first kappa shape index (κ1) is 23.5. The van der Waals surface area contributed by atoms with Crippen LogP contribution in [0.5, 0.6) is 5.75 Å². The molecule has 0 unspecified atom stereocenters. The second kappa shape index (κ2) is 9.79. The van der Waals surface area contributed by atoms with E-state index in [9.17, 15) is 13.2 Å². The van der Waals surface area contributed by atoms with Crippen LogP contribution in [0.3, 0.4) is 0 Å².